The van der Waals surface area contributed by atoms with E-state index in [2.05, 4.69) is 10.3 Å². The minimum absolute atomic E-state index is 0.363. The highest BCUT2D eigenvalue weighted by Gasteiger charge is 2.16. The second kappa shape index (κ2) is 2.74. The maximum Gasteiger partial charge on any atom is 0.0953 e. The van der Waals surface area contributed by atoms with Gasteiger partial charge in [-0.15, -0.1) is 0 Å². The summed E-state index contributed by atoms with van der Waals surface area (Å²) in [5.74, 6) is 0. The van der Waals surface area contributed by atoms with E-state index in [1.807, 2.05) is 26.1 Å². The first-order valence-electron chi connectivity index (χ1n) is 3.35. The van der Waals surface area contributed by atoms with Crippen molar-refractivity contribution in [2.24, 2.45) is 5.16 Å². The van der Waals surface area contributed by atoms with Gasteiger partial charge < -0.3 is 5.21 Å². The standard InChI is InChI=1S/C7H11N3O/c1-7(2,6-9-11)10-5-3-4-8-10/h3-6,11H,1-2H3. The molecular formula is C7H11N3O. The Hall–Kier alpha value is -1.32. The quantitative estimate of drug-likeness (QED) is 0.392. The van der Waals surface area contributed by atoms with Crippen LogP contribution in [0.2, 0.25) is 0 Å². The van der Waals surface area contributed by atoms with Crippen LogP contribution in [0.4, 0.5) is 0 Å². The molecule has 4 nitrogen and oxygen atoms in total. The first-order chi connectivity index (χ1) is 5.17. The molecular weight excluding hydrogens is 142 g/mol. The van der Waals surface area contributed by atoms with Crippen LogP contribution in [-0.4, -0.2) is 21.2 Å². The molecule has 0 bridgehead atoms. The molecule has 1 N–H and O–H groups in total. The summed E-state index contributed by atoms with van der Waals surface area (Å²) < 4.78 is 1.72. The van der Waals surface area contributed by atoms with Gasteiger partial charge in [0.05, 0.1) is 11.8 Å². The second-order valence-electron chi connectivity index (χ2n) is 2.85. The molecule has 0 aliphatic heterocycles. The van der Waals surface area contributed by atoms with Gasteiger partial charge in [-0.2, -0.15) is 5.10 Å². The van der Waals surface area contributed by atoms with Gasteiger partial charge >= 0.3 is 0 Å². The van der Waals surface area contributed by atoms with E-state index in [1.165, 1.54) is 6.21 Å². The molecule has 1 aromatic heterocycles. The Kier molecular flexibility index (Phi) is 1.94. The van der Waals surface area contributed by atoms with Gasteiger partial charge in [0.15, 0.2) is 0 Å². The van der Waals surface area contributed by atoms with Crippen molar-refractivity contribution in [3.63, 3.8) is 0 Å². The Morgan fingerprint density at radius 2 is 2.36 bits per heavy atom. The highest BCUT2D eigenvalue weighted by Crippen LogP contribution is 2.09. The molecule has 0 radical (unpaired) electrons. The van der Waals surface area contributed by atoms with E-state index in [0.29, 0.717) is 0 Å². The maximum atomic E-state index is 8.33. The summed E-state index contributed by atoms with van der Waals surface area (Å²) in [6, 6.07) is 1.83. The fraction of sp³-hybridized carbons (Fsp3) is 0.429. The van der Waals surface area contributed by atoms with E-state index in [-0.39, 0.29) is 5.54 Å². The molecule has 0 amide bonds. The molecule has 0 unspecified atom stereocenters. The SMILES string of the molecule is CC(C)(C=NO)n1cccn1. The fourth-order valence-electron chi connectivity index (χ4n) is 0.810. The molecule has 11 heavy (non-hydrogen) atoms. The van der Waals surface area contributed by atoms with Crippen LogP contribution in [-0.2, 0) is 5.54 Å². The lowest BCUT2D eigenvalue weighted by atomic mass is 10.1. The van der Waals surface area contributed by atoms with Crippen LogP contribution in [0.5, 0.6) is 0 Å². The van der Waals surface area contributed by atoms with Crippen molar-refractivity contribution in [2.45, 2.75) is 19.4 Å². The normalized spacial score (nSPS) is 12.5. The maximum absolute atomic E-state index is 8.33. The number of hydrogen-bond donors (Lipinski definition) is 1. The van der Waals surface area contributed by atoms with Crippen LogP contribution in [0.25, 0.3) is 0 Å². The Morgan fingerprint density at radius 1 is 1.64 bits per heavy atom. The van der Waals surface area contributed by atoms with Crippen molar-refractivity contribution in [2.75, 3.05) is 0 Å². The number of hydrogen-bond acceptors (Lipinski definition) is 3. The molecule has 1 rings (SSSR count). The Balaban J connectivity index is 2.90. The molecule has 0 spiro atoms. The summed E-state index contributed by atoms with van der Waals surface area (Å²) in [6.07, 6.45) is 4.94. The molecule has 1 heterocycles. The van der Waals surface area contributed by atoms with E-state index >= 15 is 0 Å². The average Bonchev–Trinajstić information content (AvgIpc) is 2.37. The van der Waals surface area contributed by atoms with Gasteiger partial charge in [0.1, 0.15) is 0 Å². The molecule has 0 saturated heterocycles. The highest BCUT2D eigenvalue weighted by atomic mass is 16.4. The van der Waals surface area contributed by atoms with Crippen molar-refractivity contribution in [3.8, 4) is 0 Å². The van der Waals surface area contributed by atoms with Crippen LogP contribution in [0.15, 0.2) is 23.6 Å². The van der Waals surface area contributed by atoms with Gasteiger partial charge in [-0.25, -0.2) is 0 Å². The summed E-state index contributed by atoms with van der Waals surface area (Å²) in [5.41, 5.74) is -0.363. The largest absolute Gasteiger partial charge is 0.411 e. The fourth-order valence-corrected chi connectivity index (χ4v) is 0.810. The van der Waals surface area contributed by atoms with Gasteiger partial charge in [-0.3, -0.25) is 4.68 Å². The van der Waals surface area contributed by atoms with Gasteiger partial charge in [0.25, 0.3) is 0 Å². The smallest absolute Gasteiger partial charge is 0.0953 e. The summed E-state index contributed by atoms with van der Waals surface area (Å²) in [4.78, 5) is 0. The lowest BCUT2D eigenvalue weighted by molar-refractivity contribution is 0.311. The number of nitrogens with zero attached hydrogens (tertiary/aromatic N) is 3. The lowest BCUT2D eigenvalue weighted by Gasteiger charge is -2.18. The molecule has 0 saturated carbocycles. The van der Waals surface area contributed by atoms with Crippen LogP contribution in [0.3, 0.4) is 0 Å². The zero-order valence-electron chi connectivity index (χ0n) is 6.60. The van der Waals surface area contributed by atoms with Crippen molar-refractivity contribution >= 4 is 6.21 Å². The lowest BCUT2D eigenvalue weighted by Crippen LogP contribution is -2.28. The van der Waals surface area contributed by atoms with Gasteiger partial charge in [0, 0.05) is 12.4 Å². The molecule has 60 valence electrons. The molecule has 4 heteroatoms. The number of aromatic nitrogens is 2. The number of oxime groups is 1. The minimum Gasteiger partial charge on any atom is -0.411 e. The number of rotatable bonds is 2. The zero-order chi connectivity index (χ0) is 8.32. The van der Waals surface area contributed by atoms with Crippen LogP contribution in [0, 0.1) is 0 Å². The van der Waals surface area contributed by atoms with Crippen molar-refractivity contribution in [3.05, 3.63) is 18.5 Å². The van der Waals surface area contributed by atoms with Crippen molar-refractivity contribution in [1.29, 1.82) is 0 Å². The molecule has 0 fully saturated rings. The summed E-state index contributed by atoms with van der Waals surface area (Å²) in [6.45, 7) is 3.80. The molecule has 0 aliphatic rings. The van der Waals surface area contributed by atoms with Crippen LogP contribution < -0.4 is 0 Å². The van der Waals surface area contributed by atoms with E-state index in [9.17, 15) is 0 Å². The first-order valence-corrected chi connectivity index (χ1v) is 3.35. The third kappa shape index (κ3) is 1.58. The van der Waals surface area contributed by atoms with Crippen LogP contribution in [0.1, 0.15) is 13.8 Å². The molecule has 0 aromatic carbocycles. The molecule has 1 aromatic rings. The topological polar surface area (TPSA) is 50.4 Å². The molecule has 0 aliphatic carbocycles. The summed E-state index contributed by atoms with van der Waals surface area (Å²) in [7, 11) is 0. The minimum atomic E-state index is -0.363. The Morgan fingerprint density at radius 3 is 2.82 bits per heavy atom. The Labute approximate surface area is 65.1 Å². The van der Waals surface area contributed by atoms with Gasteiger partial charge in [-0.1, -0.05) is 5.16 Å². The second-order valence-corrected chi connectivity index (χ2v) is 2.85. The summed E-state index contributed by atoms with van der Waals surface area (Å²) in [5, 5.41) is 15.3. The third-order valence-corrected chi connectivity index (χ3v) is 1.47. The third-order valence-electron chi connectivity index (χ3n) is 1.47. The van der Waals surface area contributed by atoms with Crippen LogP contribution >= 0.6 is 0 Å². The average molecular weight is 153 g/mol. The zero-order valence-corrected chi connectivity index (χ0v) is 6.60. The van der Waals surface area contributed by atoms with Crippen molar-refractivity contribution in [1.82, 2.24) is 9.78 Å². The van der Waals surface area contributed by atoms with E-state index in [1.54, 1.807) is 10.9 Å². The van der Waals surface area contributed by atoms with Gasteiger partial charge in [0.2, 0.25) is 0 Å². The van der Waals surface area contributed by atoms with Gasteiger partial charge in [-0.05, 0) is 19.9 Å². The van der Waals surface area contributed by atoms with E-state index < -0.39 is 0 Å². The first kappa shape index (κ1) is 7.78. The summed E-state index contributed by atoms with van der Waals surface area (Å²) >= 11 is 0. The van der Waals surface area contributed by atoms with Crippen molar-refractivity contribution < 1.29 is 5.21 Å². The monoisotopic (exact) mass is 153 g/mol. The highest BCUT2D eigenvalue weighted by molar-refractivity contribution is 5.65. The Bertz CT molecular complexity index is 238. The predicted molar refractivity (Wildman–Crippen MR) is 41.8 cm³/mol. The van der Waals surface area contributed by atoms with E-state index in [4.69, 9.17) is 5.21 Å². The van der Waals surface area contributed by atoms with E-state index in [0.717, 1.165) is 0 Å². The molecule has 0 atom stereocenters. The predicted octanol–water partition coefficient (Wildman–Crippen LogP) is 1.08.